The van der Waals surface area contributed by atoms with E-state index in [4.69, 9.17) is 0 Å². The zero-order chi connectivity index (χ0) is 13.8. The van der Waals surface area contributed by atoms with Crippen LogP contribution in [-0.4, -0.2) is 12.6 Å². The van der Waals surface area contributed by atoms with Crippen LogP contribution in [0.15, 0.2) is 24.3 Å². The van der Waals surface area contributed by atoms with Crippen molar-refractivity contribution in [3.05, 3.63) is 35.4 Å². The van der Waals surface area contributed by atoms with Gasteiger partial charge in [-0.3, -0.25) is 0 Å². The van der Waals surface area contributed by atoms with E-state index in [0.29, 0.717) is 0 Å². The number of benzene rings is 1. The summed E-state index contributed by atoms with van der Waals surface area (Å²) in [4.78, 5) is 0. The molecule has 2 fully saturated rings. The highest BCUT2D eigenvalue weighted by Gasteiger charge is 2.24. The molecule has 3 rings (SSSR count). The molecular weight excluding hydrogens is 242 g/mol. The fourth-order valence-corrected chi connectivity index (χ4v) is 3.63. The average molecular weight is 271 g/mol. The monoisotopic (exact) mass is 271 g/mol. The zero-order valence-electron chi connectivity index (χ0n) is 12.9. The van der Waals surface area contributed by atoms with Crippen LogP contribution in [0, 0.1) is 18.8 Å². The van der Waals surface area contributed by atoms with E-state index in [0.717, 1.165) is 17.9 Å². The summed E-state index contributed by atoms with van der Waals surface area (Å²) < 4.78 is 0. The van der Waals surface area contributed by atoms with Gasteiger partial charge in [0.15, 0.2) is 0 Å². The van der Waals surface area contributed by atoms with Crippen LogP contribution in [0.3, 0.4) is 0 Å². The number of nitrogens with one attached hydrogen (secondary N) is 1. The van der Waals surface area contributed by atoms with Gasteiger partial charge in [-0.25, -0.2) is 0 Å². The SMILES string of the molecule is Cc1ccc(CC(CNC2CC2)CC2CCCC2)cc1. The quantitative estimate of drug-likeness (QED) is 0.770. The molecule has 0 saturated heterocycles. The van der Waals surface area contributed by atoms with Crippen molar-refractivity contribution in [2.75, 3.05) is 6.54 Å². The molecule has 0 aliphatic heterocycles. The highest BCUT2D eigenvalue weighted by Crippen LogP contribution is 2.31. The second-order valence-corrected chi connectivity index (χ2v) is 7.12. The lowest BCUT2D eigenvalue weighted by atomic mass is 9.88. The van der Waals surface area contributed by atoms with E-state index in [1.165, 1.54) is 69.0 Å². The van der Waals surface area contributed by atoms with Crippen molar-refractivity contribution in [1.82, 2.24) is 5.32 Å². The van der Waals surface area contributed by atoms with Crippen LogP contribution in [0.5, 0.6) is 0 Å². The molecule has 2 aliphatic carbocycles. The van der Waals surface area contributed by atoms with Crippen LogP contribution in [0.25, 0.3) is 0 Å². The summed E-state index contributed by atoms with van der Waals surface area (Å²) in [5.74, 6) is 1.84. The minimum atomic E-state index is 0.835. The number of rotatable bonds is 7. The normalized spacial score (nSPS) is 21.2. The van der Waals surface area contributed by atoms with Gasteiger partial charge in [-0.15, -0.1) is 0 Å². The third-order valence-electron chi connectivity index (χ3n) is 5.06. The van der Waals surface area contributed by atoms with Gasteiger partial charge in [0.25, 0.3) is 0 Å². The molecule has 0 aromatic heterocycles. The molecule has 1 heteroatoms. The lowest BCUT2D eigenvalue weighted by Crippen LogP contribution is -2.27. The van der Waals surface area contributed by atoms with E-state index >= 15 is 0 Å². The van der Waals surface area contributed by atoms with Crippen molar-refractivity contribution in [2.24, 2.45) is 11.8 Å². The summed E-state index contributed by atoms with van der Waals surface area (Å²) in [5, 5.41) is 3.76. The Hall–Kier alpha value is -0.820. The maximum absolute atomic E-state index is 3.76. The molecule has 0 spiro atoms. The molecule has 1 N–H and O–H groups in total. The first kappa shape index (κ1) is 14.1. The Morgan fingerprint density at radius 3 is 2.40 bits per heavy atom. The fourth-order valence-electron chi connectivity index (χ4n) is 3.63. The Labute approximate surface area is 124 Å². The topological polar surface area (TPSA) is 12.0 Å². The predicted molar refractivity (Wildman–Crippen MR) is 86.0 cm³/mol. The first-order valence-corrected chi connectivity index (χ1v) is 8.58. The van der Waals surface area contributed by atoms with E-state index in [-0.39, 0.29) is 0 Å². The standard InChI is InChI=1S/C19H29N/c1-15-6-8-17(9-7-15)13-18(14-20-19-10-11-19)12-16-4-2-3-5-16/h6-9,16,18-20H,2-5,10-14H2,1H3. The molecule has 0 bridgehead atoms. The Balaban J connectivity index is 1.55. The molecule has 0 radical (unpaired) electrons. The second-order valence-electron chi connectivity index (χ2n) is 7.12. The highest BCUT2D eigenvalue weighted by molar-refractivity contribution is 5.21. The van der Waals surface area contributed by atoms with Gasteiger partial charge in [0.1, 0.15) is 0 Å². The fraction of sp³-hybridized carbons (Fsp3) is 0.684. The van der Waals surface area contributed by atoms with E-state index in [2.05, 4.69) is 36.5 Å². The van der Waals surface area contributed by atoms with E-state index in [9.17, 15) is 0 Å². The van der Waals surface area contributed by atoms with Crippen molar-refractivity contribution >= 4 is 0 Å². The number of hydrogen-bond acceptors (Lipinski definition) is 1. The smallest absolute Gasteiger partial charge is 0.00683 e. The van der Waals surface area contributed by atoms with Crippen LogP contribution >= 0.6 is 0 Å². The maximum Gasteiger partial charge on any atom is 0.00683 e. The molecule has 1 atom stereocenters. The van der Waals surface area contributed by atoms with E-state index in [1.54, 1.807) is 0 Å². The van der Waals surface area contributed by atoms with Crippen molar-refractivity contribution in [2.45, 2.75) is 64.3 Å². The molecule has 2 saturated carbocycles. The van der Waals surface area contributed by atoms with Gasteiger partial charge in [0.2, 0.25) is 0 Å². The summed E-state index contributed by atoms with van der Waals surface area (Å²) in [6.45, 7) is 3.41. The van der Waals surface area contributed by atoms with Gasteiger partial charge in [-0.1, -0.05) is 55.5 Å². The Morgan fingerprint density at radius 1 is 1.05 bits per heavy atom. The van der Waals surface area contributed by atoms with Gasteiger partial charge in [-0.2, -0.15) is 0 Å². The Kier molecular flexibility index (Phi) is 4.77. The van der Waals surface area contributed by atoms with Crippen molar-refractivity contribution < 1.29 is 0 Å². The molecule has 1 unspecified atom stereocenters. The van der Waals surface area contributed by atoms with Crippen molar-refractivity contribution in [3.8, 4) is 0 Å². The molecule has 2 aliphatic rings. The third kappa shape index (κ3) is 4.34. The van der Waals surface area contributed by atoms with Crippen LogP contribution in [-0.2, 0) is 6.42 Å². The lowest BCUT2D eigenvalue weighted by molar-refractivity contribution is 0.356. The first-order valence-electron chi connectivity index (χ1n) is 8.58. The number of hydrogen-bond donors (Lipinski definition) is 1. The van der Waals surface area contributed by atoms with Gasteiger partial charge < -0.3 is 5.32 Å². The average Bonchev–Trinajstić information content (AvgIpc) is 3.15. The molecule has 1 nitrogen and oxygen atoms in total. The summed E-state index contributed by atoms with van der Waals surface area (Å²) in [6, 6.07) is 10.0. The summed E-state index contributed by atoms with van der Waals surface area (Å²) in [5.41, 5.74) is 2.90. The molecule has 1 aromatic carbocycles. The lowest BCUT2D eigenvalue weighted by Gasteiger charge is -2.21. The first-order chi connectivity index (χ1) is 9.79. The summed E-state index contributed by atoms with van der Waals surface area (Å²) in [6.07, 6.45) is 11.4. The van der Waals surface area contributed by atoms with Gasteiger partial charge in [-0.05, 0) is 56.6 Å². The van der Waals surface area contributed by atoms with Crippen molar-refractivity contribution in [1.29, 1.82) is 0 Å². The molecule has 20 heavy (non-hydrogen) atoms. The third-order valence-corrected chi connectivity index (χ3v) is 5.06. The van der Waals surface area contributed by atoms with Crippen LogP contribution in [0.1, 0.15) is 56.1 Å². The van der Waals surface area contributed by atoms with Gasteiger partial charge >= 0.3 is 0 Å². The predicted octanol–water partition coefficient (Wildman–Crippen LogP) is 4.49. The maximum atomic E-state index is 3.76. The molecule has 0 heterocycles. The van der Waals surface area contributed by atoms with Gasteiger partial charge in [0, 0.05) is 6.04 Å². The minimum absolute atomic E-state index is 0.835. The van der Waals surface area contributed by atoms with Crippen LogP contribution < -0.4 is 5.32 Å². The molecule has 0 amide bonds. The highest BCUT2D eigenvalue weighted by atomic mass is 14.9. The molecule has 1 aromatic rings. The van der Waals surface area contributed by atoms with Crippen molar-refractivity contribution in [3.63, 3.8) is 0 Å². The summed E-state index contributed by atoms with van der Waals surface area (Å²) >= 11 is 0. The second kappa shape index (κ2) is 6.76. The summed E-state index contributed by atoms with van der Waals surface area (Å²) in [7, 11) is 0. The van der Waals surface area contributed by atoms with E-state index in [1.807, 2.05) is 0 Å². The Morgan fingerprint density at radius 2 is 1.75 bits per heavy atom. The van der Waals surface area contributed by atoms with E-state index < -0.39 is 0 Å². The molecule has 110 valence electrons. The Bertz CT molecular complexity index is 398. The zero-order valence-corrected chi connectivity index (χ0v) is 12.9. The minimum Gasteiger partial charge on any atom is -0.314 e. The molecular formula is C19H29N. The van der Waals surface area contributed by atoms with Crippen LogP contribution in [0.2, 0.25) is 0 Å². The number of aryl methyl sites for hydroxylation is 1. The largest absolute Gasteiger partial charge is 0.314 e. The van der Waals surface area contributed by atoms with Gasteiger partial charge in [0.05, 0.1) is 0 Å². The van der Waals surface area contributed by atoms with Crippen LogP contribution in [0.4, 0.5) is 0 Å².